The third kappa shape index (κ3) is 2.11. The summed E-state index contributed by atoms with van der Waals surface area (Å²) in [5, 5.41) is 28.3. The molecule has 1 aliphatic rings. The smallest absolute Gasteiger partial charge is 0.342 e. The van der Waals surface area contributed by atoms with Crippen LogP contribution in [-0.4, -0.2) is 33.5 Å². The number of fused-ring (bicyclic) bond motifs is 1. The fourth-order valence-electron chi connectivity index (χ4n) is 1.89. The van der Waals surface area contributed by atoms with Crippen molar-refractivity contribution in [1.82, 2.24) is 0 Å². The quantitative estimate of drug-likeness (QED) is 0.676. The zero-order valence-corrected chi connectivity index (χ0v) is 9.33. The maximum atomic E-state index is 11.5. The normalized spacial score (nSPS) is 21.8. The second kappa shape index (κ2) is 4.35. The molecule has 0 saturated heterocycles. The van der Waals surface area contributed by atoms with Crippen molar-refractivity contribution in [2.75, 3.05) is 0 Å². The predicted octanol–water partition coefficient (Wildman–Crippen LogP) is 0.735. The highest BCUT2D eigenvalue weighted by Crippen LogP contribution is 2.38. The van der Waals surface area contributed by atoms with Gasteiger partial charge in [0.1, 0.15) is 17.4 Å². The van der Waals surface area contributed by atoms with Gasteiger partial charge in [-0.25, -0.2) is 4.79 Å². The first-order valence-corrected chi connectivity index (χ1v) is 5.39. The van der Waals surface area contributed by atoms with Crippen LogP contribution in [0.1, 0.15) is 35.4 Å². The minimum atomic E-state index is -0.971. The van der Waals surface area contributed by atoms with E-state index in [0.29, 0.717) is 5.56 Å². The molecule has 1 aromatic rings. The molecular formula is C12H14O5. The number of rotatable bonds is 3. The van der Waals surface area contributed by atoms with Gasteiger partial charge in [-0.15, -0.1) is 0 Å². The van der Waals surface area contributed by atoms with Crippen molar-refractivity contribution in [3.8, 4) is 5.75 Å². The Kier molecular flexibility index (Phi) is 3.04. The van der Waals surface area contributed by atoms with E-state index in [4.69, 9.17) is 4.74 Å². The molecule has 0 bridgehead atoms. The Balaban J connectivity index is 2.26. The van der Waals surface area contributed by atoms with E-state index in [0.717, 1.165) is 0 Å². The van der Waals surface area contributed by atoms with E-state index in [-0.39, 0.29) is 17.7 Å². The lowest BCUT2D eigenvalue weighted by atomic mass is 9.98. The first-order valence-electron chi connectivity index (χ1n) is 5.39. The molecule has 1 aliphatic heterocycles. The second-order valence-corrected chi connectivity index (χ2v) is 4.18. The van der Waals surface area contributed by atoms with Crippen LogP contribution in [0, 0.1) is 0 Å². The number of esters is 1. The van der Waals surface area contributed by atoms with Crippen molar-refractivity contribution >= 4 is 5.97 Å². The van der Waals surface area contributed by atoms with Crippen LogP contribution in [0.2, 0.25) is 0 Å². The summed E-state index contributed by atoms with van der Waals surface area (Å²) in [6, 6.07) is 4.69. The number of aliphatic hydroxyl groups excluding tert-OH is 2. The molecule has 1 aromatic carbocycles. The number of benzene rings is 1. The molecular weight excluding hydrogens is 224 g/mol. The molecule has 0 fully saturated rings. The van der Waals surface area contributed by atoms with Gasteiger partial charge in [-0.3, -0.25) is 0 Å². The number of ether oxygens (including phenoxy) is 1. The molecule has 0 spiro atoms. The first-order chi connectivity index (χ1) is 8.00. The molecule has 0 radical (unpaired) electrons. The molecule has 0 amide bonds. The van der Waals surface area contributed by atoms with Gasteiger partial charge in [-0.1, -0.05) is 12.1 Å². The van der Waals surface area contributed by atoms with Gasteiger partial charge in [-0.05, 0) is 13.0 Å². The van der Waals surface area contributed by atoms with E-state index in [9.17, 15) is 20.1 Å². The van der Waals surface area contributed by atoms with Crippen molar-refractivity contribution in [3.05, 3.63) is 29.3 Å². The number of hydrogen-bond acceptors (Lipinski definition) is 5. The number of cyclic esters (lactones) is 1. The SMILES string of the molecule is CC(O)C(O)CC1OC(=O)c2c(O)cccc21. The summed E-state index contributed by atoms with van der Waals surface area (Å²) in [4.78, 5) is 11.5. The van der Waals surface area contributed by atoms with Crippen molar-refractivity contribution < 1.29 is 24.9 Å². The average Bonchev–Trinajstić information content (AvgIpc) is 2.57. The predicted molar refractivity (Wildman–Crippen MR) is 58.6 cm³/mol. The zero-order valence-electron chi connectivity index (χ0n) is 9.33. The molecule has 3 unspecified atom stereocenters. The summed E-state index contributed by atoms with van der Waals surface area (Å²) in [6.07, 6.45) is -2.37. The van der Waals surface area contributed by atoms with Crippen LogP contribution in [0.4, 0.5) is 0 Å². The average molecular weight is 238 g/mol. The van der Waals surface area contributed by atoms with Crippen molar-refractivity contribution in [3.63, 3.8) is 0 Å². The van der Waals surface area contributed by atoms with Crippen LogP contribution in [0.15, 0.2) is 18.2 Å². The number of aromatic hydroxyl groups is 1. The van der Waals surface area contributed by atoms with Gasteiger partial charge < -0.3 is 20.1 Å². The van der Waals surface area contributed by atoms with Gasteiger partial charge in [0, 0.05) is 12.0 Å². The molecule has 0 saturated carbocycles. The van der Waals surface area contributed by atoms with Crippen LogP contribution in [-0.2, 0) is 4.74 Å². The first kappa shape index (κ1) is 11.9. The maximum absolute atomic E-state index is 11.5. The fraction of sp³-hybridized carbons (Fsp3) is 0.417. The molecule has 2 rings (SSSR count). The highest BCUT2D eigenvalue weighted by Gasteiger charge is 2.35. The maximum Gasteiger partial charge on any atom is 0.342 e. The minimum Gasteiger partial charge on any atom is -0.507 e. The minimum absolute atomic E-state index is 0.111. The Bertz CT molecular complexity index is 441. The summed E-state index contributed by atoms with van der Waals surface area (Å²) in [5.74, 6) is -0.720. The van der Waals surface area contributed by atoms with Crippen LogP contribution in [0.3, 0.4) is 0 Å². The number of phenolic OH excluding ortho intramolecular Hbond substituents is 1. The van der Waals surface area contributed by atoms with Gasteiger partial charge in [0.2, 0.25) is 0 Å². The third-order valence-corrected chi connectivity index (χ3v) is 2.89. The third-order valence-electron chi connectivity index (χ3n) is 2.89. The molecule has 5 nitrogen and oxygen atoms in total. The highest BCUT2D eigenvalue weighted by molar-refractivity contribution is 5.96. The highest BCUT2D eigenvalue weighted by atomic mass is 16.5. The van der Waals surface area contributed by atoms with Gasteiger partial charge >= 0.3 is 5.97 Å². The van der Waals surface area contributed by atoms with Crippen LogP contribution in [0.25, 0.3) is 0 Å². The number of carbonyl (C=O) groups excluding carboxylic acids is 1. The largest absolute Gasteiger partial charge is 0.507 e. The molecule has 92 valence electrons. The standard InChI is InChI=1S/C12H14O5/c1-6(13)9(15)5-10-7-3-2-4-8(14)11(7)12(16)17-10/h2-4,6,9-10,13-15H,5H2,1H3. The molecule has 3 N–H and O–H groups in total. The number of phenols is 1. The molecule has 1 heterocycles. The summed E-state index contributed by atoms with van der Waals surface area (Å²) >= 11 is 0. The molecule has 5 heteroatoms. The lowest BCUT2D eigenvalue weighted by molar-refractivity contribution is -0.0128. The Morgan fingerprint density at radius 3 is 2.76 bits per heavy atom. The number of aliphatic hydroxyl groups is 2. The molecule has 17 heavy (non-hydrogen) atoms. The second-order valence-electron chi connectivity index (χ2n) is 4.18. The Labute approximate surface area is 98.3 Å². The Morgan fingerprint density at radius 2 is 2.12 bits per heavy atom. The van der Waals surface area contributed by atoms with Crippen molar-refractivity contribution in [2.45, 2.75) is 31.7 Å². The summed E-state index contributed by atoms with van der Waals surface area (Å²) in [5.41, 5.74) is 0.699. The van der Waals surface area contributed by atoms with E-state index >= 15 is 0 Å². The monoisotopic (exact) mass is 238 g/mol. The van der Waals surface area contributed by atoms with Crippen LogP contribution >= 0.6 is 0 Å². The van der Waals surface area contributed by atoms with Crippen LogP contribution in [0.5, 0.6) is 5.75 Å². The molecule has 0 aromatic heterocycles. The van der Waals surface area contributed by atoms with Gasteiger partial charge in [0.05, 0.1) is 12.2 Å². The Hall–Kier alpha value is -1.59. The van der Waals surface area contributed by atoms with Crippen molar-refractivity contribution in [2.24, 2.45) is 0 Å². The summed E-state index contributed by atoms with van der Waals surface area (Å²) < 4.78 is 5.06. The number of carbonyl (C=O) groups is 1. The van der Waals surface area contributed by atoms with E-state index < -0.39 is 24.3 Å². The Morgan fingerprint density at radius 1 is 1.41 bits per heavy atom. The molecule has 0 aliphatic carbocycles. The molecule has 3 atom stereocenters. The van der Waals surface area contributed by atoms with Gasteiger partial charge in [-0.2, -0.15) is 0 Å². The van der Waals surface area contributed by atoms with Gasteiger partial charge in [0.15, 0.2) is 0 Å². The van der Waals surface area contributed by atoms with E-state index in [1.807, 2.05) is 0 Å². The topological polar surface area (TPSA) is 87.0 Å². The van der Waals surface area contributed by atoms with Crippen molar-refractivity contribution in [1.29, 1.82) is 0 Å². The lowest BCUT2D eigenvalue weighted by Crippen LogP contribution is -2.24. The fourth-order valence-corrected chi connectivity index (χ4v) is 1.89. The summed E-state index contributed by atoms with van der Waals surface area (Å²) in [7, 11) is 0. The van der Waals surface area contributed by atoms with E-state index in [1.54, 1.807) is 12.1 Å². The van der Waals surface area contributed by atoms with E-state index in [1.165, 1.54) is 13.0 Å². The lowest BCUT2D eigenvalue weighted by Gasteiger charge is -2.17. The summed E-state index contributed by atoms with van der Waals surface area (Å²) in [6.45, 7) is 1.46. The zero-order chi connectivity index (χ0) is 12.6. The number of hydrogen-bond donors (Lipinski definition) is 3. The van der Waals surface area contributed by atoms with Crippen LogP contribution < -0.4 is 0 Å². The van der Waals surface area contributed by atoms with Gasteiger partial charge in [0.25, 0.3) is 0 Å². The van der Waals surface area contributed by atoms with E-state index in [2.05, 4.69) is 0 Å².